The molecule has 0 fully saturated rings. The van der Waals surface area contributed by atoms with Crippen LogP contribution in [0, 0.1) is 0 Å². The second-order valence-electron chi connectivity index (χ2n) is 9.06. The standard InChI is InChI=1S/C31H26N4/c32-25-16-12-23(13-17-25)27-19-18-26(33)20-31(27,30-34-28-8-4-5-9-29(28)35-30)24-14-10-22(11-15-24)21-6-2-1-3-7-21/h1-20,27H,32-33H2,(H,34,35). The second-order valence-corrected chi connectivity index (χ2v) is 9.06. The Balaban J connectivity index is 1.59. The first-order chi connectivity index (χ1) is 17.1. The molecule has 1 aliphatic carbocycles. The van der Waals surface area contributed by atoms with Gasteiger partial charge in [0.05, 0.1) is 16.4 Å². The van der Waals surface area contributed by atoms with Crippen molar-refractivity contribution in [2.75, 3.05) is 5.73 Å². The van der Waals surface area contributed by atoms with Crippen LogP contribution in [0.15, 0.2) is 127 Å². The van der Waals surface area contributed by atoms with E-state index in [1.807, 2.05) is 42.5 Å². The minimum absolute atomic E-state index is 0.0291. The van der Waals surface area contributed by atoms with Gasteiger partial charge in [0.15, 0.2) is 0 Å². The van der Waals surface area contributed by atoms with Gasteiger partial charge in [0.2, 0.25) is 0 Å². The molecule has 2 unspecified atom stereocenters. The van der Waals surface area contributed by atoms with Gasteiger partial charge < -0.3 is 16.5 Å². The highest BCUT2D eigenvalue weighted by atomic mass is 14.9. The van der Waals surface area contributed by atoms with Gasteiger partial charge in [0.25, 0.3) is 0 Å². The van der Waals surface area contributed by atoms with Gasteiger partial charge in [0, 0.05) is 17.3 Å². The average molecular weight is 455 g/mol. The Morgan fingerprint density at radius 2 is 1.40 bits per heavy atom. The van der Waals surface area contributed by atoms with Crippen molar-refractivity contribution in [1.29, 1.82) is 0 Å². The summed E-state index contributed by atoms with van der Waals surface area (Å²) < 4.78 is 0. The summed E-state index contributed by atoms with van der Waals surface area (Å²) in [5.74, 6) is 0.832. The van der Waals surface area contributed by atoms with Crippen LogP contribution in [0.2, 0.25) is 0 Å². The van der Waals surface area contributed by atoms with Crippen molar-refractivity contribution in [3.8, 4) is 11.1 Å². The van der Waals surface area contributed by atoms with Crippen molar-refractivity contribution >= 4 is 16.7 Å². The lowest BCUT2D eigenvalue weighted by atomic mass is 9.64. The van der Waals surface area contributed by atoms with E-state index in [1.165, 1.54) is 11.1 Å². The molecule has 0 saturated carbocycles. The van der Waals surface area contributed by atoms with Crippen molar-refractivity contribution in [2.24, 2.45) is 5.73 Å². The SMILES string of the molecule is NC1=CC(c2ccc(-c3ccccc3)cc2)(c2nc3ccccc3[nH]2)C(c2ccc(N)cc2)C=C1. The quantitative estimate of drug-likeness (QED) is 0.279. The molecule has 1 aromatic heterocycles. The van der Waals surface area contributed by atoms with Gasteiger partial charge in [-0.1, -0.05) is 84.9 Å². The van der Waals surface area contributed by atoms with Crippen molar-refractivity contribution in [2.45, 2.75) is 11.3 Å². The molecule has 0 aliphatic heterocycles. The number of nitrogens with zero attached hydrogens (tertiary/aromatic N) is 1. The zero-order chi connectivity index (χ0) is 23.8. The lowest BCUT2D eigenvalue weighted by Crippen LogP contribution is -2.36. The maximum absolute atomic E-state index is 6.48. The Hall–Kier alpha value is -4.57. The number of rotatable bonds is 4. The molecule has 4 aromatic carbocycles. The molecule has 0 saturated heterocycles. The summed E-state index contributed by atoms with van der Waals surface area (Å²) in [6.07, 6.45) is 6.31. The fourth-order valence-electron chi connectivity index (χ4n) is 5.17. The van der Waals surface area contributed by atoms with Gasteiger partial charge in [-0.3, -0.25) is 0 Å². The van der Waals surface area contributed by atoms with Crippen molar-refractivity contribution in [1.82, 2.24) is 9.97 Å². The van der Waals surface area contributed by atoms with E-state index in [-0.39, 0.29) is 5.92 Å². The Morgan fingerprint density at radius 1 is 0.714 bits per heavy atom. The van der Waals surface area contributed by atoms with Crippen LogP contribution in [0.5, 0.6) is 0 Å². The third-order valence-electron chi connectivity index (χ3n) is 6.91. The van der Waals surface area contributed by atoms with Crippen LogP contribution in [-0.2, 0) is 5.41 Å². The first kappa shape index (κ1) is 21.0. The van der Waals surface area contributed by atoms with Gasteiger partial charge in [-0.05, 0) is 58.7 Å². The Kier molecular flexibility index (Phi) is 5.00. The van der Waals surface area contributed by atoms with Crippen LogP contribution in [0.25, 0.3) is 22.2 Å². The molecule has 1 aliphatic rings. The maximum atomic E-state index is 6.48. The highest BCUT2D eigenvalue weighted by Gasteiger charge is 2.44. The fourth-order valence-corrected chi connectivity index (χ4v) is 5.17. The number of para-hydroxylation sites is 2. The first-order valence-electron chi connectivity index (χ1n) is 11.8. The molecule has 4 heteroatoms. The third-order valence-corrected chi connectivity index (χ3v) is 6.91. The normalized spacial score (nSPS) is 19.5. The molecule has 5 aromatic rings. The Bertz CT molecular complexity index is 1510. The van der Waals surface area contributed by atoms with Crippen LogP contribution >= 0.6 is 0 Å². The number of aromatic amines is 1. The number of allylic oxidation sites excluding steroid dienone is 3. The van der Waals surface area contributed by atoms with Gasteiger partial charge in [-0.15, -0.1) is 0 Å². The molecule has 2 atom stereocenters. The number of fused-ring (bicyclic) bond motifs is 1. The van der Waals surface area contributed by atoms with Crippen LogP contribution < -0.4 is 11.5 Å². The van der Waals surface area contributed by atoms with Crippen molar-refractivity contribution in [3.63, 3.8) is 0 Å². The van der Waals surface area contributed by atoms with E-state index in [0.717, 1.165) is 33.7 Å². The highest BCUT2D eigenvalue weighted by Crippen LogP contribution is 2.48. The van der Waals surface area contributed by atoms with E-state index in [0.29, 0.717) is 5.70 Å². The van der Waals surface area contributed by atoms with Crippen LogP contribution in [0.4, 0.5) is 5.69 Å². The molecule has 0 radical (unpaired) electrons. The van der Waals surface area contributed by atoms with E-state index in [4.69, 9.17) is 16.5 Å². The molecule has 1 heterocycles. The average Bonchev–Trinajstić information content (AvgIpc) is 3.35. The van der Waals surface area contributed by atoms with Gasteiger partial charge in [-0.25, -0.2) is 4.98 Å². The Labute approximate surface area is 204 Å². The molecule has 35 heavy (non-hydrogen) atoms. The third kappa shape index (κ3) is 3.60. The van der Waals surface area contributed by atoms with Crippen molar-refractivity contribution < 1.29 is 0 Å². The summed E-state index contributed by atoms with van der Waals surface area (Å²) in [6, 6.07) is 35.4. The van der Waals surface area contributed by atoms with E-state index in [1.54, 1.807) is 0 Å². The topological polar surface area (TPSA) is 80.7 Å². The zero-order valence-corrected chi connectivity index (χ0v) is 19.2. The largest absolute Gasteiger partial charge is 0.399 e. The minimum Gasteiger partial charge on any atom is -0.399 e. The summed E-state index contributed by atoms with van der Waals surface area (Å²) >= 11 is 0. The van der Waals surface area contributed by atoms with E-state index in [2.05, 4.69) is 83.9 Å². The Morgan fingerprint density at radius 3 is 2.14 bits per heavy atom. The number of aromatic nitrogens is 2. The maximum Gasteiger partial charge on any atom is 0.122 e. The molecular weight excluding hydrogens is 428 g/mol. The lowest BCUT2D eigenvalue weighted by molar-refractivity contribution is 0.533. The van der Waals surface area contributed by atoms with Crippen molar-refractivity contribution in [3.05, 3.63) is 144 Å². The lowest BCUT2D eigenvalue weighted by Gasteiger charge is -2.39. The summed E-state index contributed by atoms with van der Waals surface area (Å²) in [5, 5.41) is 0. The number of nitrogens with two attached hydrogens (primary N) is 2. The summed E-state index contributed by atoms with van der Waals surface area (Å²) in [4.78, 5) is 8.69. The van der Waals surface area contributed by atoms with Crippen LogP contribution in [0.3, 0.4) is 0 Å². The predicted molar refractivity (Wildman–Crippen MR) is 144 cm³/mol. The number of anilines is 1. The van der Waals surface area contributed by atoms with Crippen LogP contribution in [0.1, 0.15) is 22.9 Å². The number of hydrogen-bond donors (Lipinski definition) is 3. The molecule has 0 spiro atoms. The number of nitrogens with one attached hydrogen (secondary N) is 1. The monoisotopic (exact) mass is 454 g/mol. The van der Waals surface area contributed by atoms with Gasteiger partial charge >= 0.3 is 0 Å². The fraction of sp³-hybridized carbons (Fsp3) is 0.0645. The highest BCUT2D eigenvalue weighted by molar-refractivity contribution is 5.76. The van der Waals surface area contributed by atoms with E-state index < -0.39 is 5.41 Å². The predicted octanol–water partition coefficient (Wildman–Crippen LogP) is 6.29. The molecule has 0 bridgehead atoms. The smallest absolute Gasteiger partial charge is 0.122 e. The van der Waals surface area contributed by atoms with E-state index >= 15 is 0 Å². The molecule has 0 amide bonds. The molecule has 6 rings (SSSR count). The summed E-state index contributed by atoms with van der Waals surface area (Å²) in [7, 11) is 0. The van der Waals surface area contributed by atoms with Gasteiger partial charge in [-0.2, -0.15) is 0 Å². The number of imidazole rings is 1. The number of H-pyrrole nitrogens is 1. The summed E-state index contributed by atoms with van der Waals surface area (Å²) in [6.45, 7) is 0. The van der Waals surface area contributed by atoms with E-state index in [9.17, 15) is 0 Å². The summed E-state index contributed by atoms with van der Waals surface area (Å²) in [5.41, 5.74) is 19.9. The number of benzene rings is 4. The molecule has 170 valence electrons. The number of hydrogen-bond acceptors (Lipinski definition) is 3. The minimum atomic E-state index is -0.622. The zero-order valence-electron chi connectivity index (χ0n) is 19.2. The molecule has 5 N–H and O–H groups in total. The molecule has 4 nitrogen and oxygen atoms in total. The van der Waals surface area contributed by atoms with Gasteiger partial charge in [0.1, 0.15) is 5.82 Å². The molecular formula is C31H26N4. The number of nitrogen functional groups attached to an aromatic ring is 1. The second kappa shape index (κ2) is 8.33. The first-order valence-corrected chi connectivity index (χ1v) is 11.8. The van der Waals surface area contributed by atoms with Crippen LogP contribution in [-0.4, -0.2) is 9.97 Å².